The summed E-state index contributed by atoms with van der Waals surface area (Å²) >= 11 is 1.72. The number of piperidine rings is 1. The Labute approximate surface area is 187 Å². The van der Waals surface area contributed by atoms with E-state index >= 15 is 0 Å². The molecule has 0 aliphatic carbocycles. The minimum Gasteiger partial charge on any atom is -0.450 e. The summed E-state index contributed by atoms with van der Waals surface area (Å²) in [5.74, 6) is 0.472. The van der Waals surface area contributed by atoms with Crippen molar-refractivity contribution < 1.29 is 9.53 Å². The van der Waals surface area contributed by atoms with Gasteiger partial charge in [0.25, 0.3) is 0 Å². The molecule has 2 aliphatic rings. The van der Waals surface area contributed by atoms with Crippen LogP contribution in [0.15, 0.2) is 10.4 Å². The molecule has 0 radical (unpaired) electrons. The van der Waals surface area contributed by atoms with Crippen LogP contribution in [0.25, 0.3) is 0 Å². The number of carbonyl (C=O) groups excluding carboxylic acids is 1. The Hall–Kier alpha value is -1.30. The Morgan fingerprint density at radius 3 is 2.75 bits per heavy atom. The number of aromatic nitrogens is 1. The highest BCUT2D eigenvalue weighted by molar-refractivity contribution is 14.0. The van der Waals surface area contributed by atoms with Gasteiger partial charge in [0.05, 0.1) is 12.3 Å². The van der Waals surface area contributed by atoms with E-state index in [4.69, 9.17) is 15.5 Å². The van der Waals surface area contributed by atoms with Gasteiger partial charge in [0.15, 0.2) is 11.1 Å². The van der Waals surface area contributed by atoms with Crippen molar-refractivity contribution in [3.63, 3.8) is 0 Å². The number of hydrogen-bond donors (Lipinski definition) is 2. The number of aliphatic imine (C=N–C) groups is 1. The lowest BCUT2D eigenvalue weighted by Gasteiger charge is -2.31. The van der Waals surface area contributed by atoms with Gasteiger partial charge < -0.3 is 25.6 Å². The van der Waals surface area contributed by atoms with Crippen molar-refractivity contribution in [3.05, 3.63) is 11.1 Å². The van der Waals surface area contributed by atoms with E-state index < -0.39 is 0 Å². The second-order valence-electron chi connectivity index (χ2n) is 6.94. The lowest BCUT2D eigenvalue weighted by molar-refractivity contribution is 0.0963. The van der Waals surface area contributed by atoms with E-state index in [0.29, 0.717) is 32.2 Å². The molecule has 2 aliphatic heterocycles. The molecule has 3 heterocycles. The molecule has 158 valence electrons. The zero-order valence-electron chi connectivity index (χ0n) is 16.4. The Morgan fingerprint density at radius 2 is 2.07 bits per heavy atom. The number of thiazole rings is 1. The van der Waals surface area contributed by atoms with Crippen molar-refractivity contribution in [1.29, 1.82) is 0 Å². The van der Waals surface area contributed by atoms with Crippen LogP contribution in [0.2, 0.25) is 0 Å². The summed E-state index contributed by atoms with van der Waals surface area (Å²) in [5.41, 5.74) is 7.11. The number of ether oxygens (including phenoxy) is 1. The predicted molar refractivity (Wildman–Crippen MR) is 124 cm³/mol. The topological polar surface area (TPSA) is 96.1 Å². The van der Waals surface area contributed by atoms with E-state index in [0.717, 1.165) is 43.2 Å². The molecular weight excluding hydrogens is 491 g/mol. The molecule has 0 unspecified atom stereocenters. The van der Waals surface area contributed by atoms with Crippen LogP contribution in [0.1, 0.15) is 38.3 Å². The molecule has 1 aromatic heterocycles. The molecule has 28 heavy (non-hydrogen) atoms. The van der Waals surface area contributed by atoms with E-state index in [1.807, 2.05) is 6.92 Å². The Kier molecular flexibility index (Phi) is 9.56. The van der Waals surface area contributed by atoms with Crippen LogP contribution >= 0.6 is 35.3 Å². The summed E-state index contributed by atoms with van der Waals surface area (Å²) in [6.45, 7) is 6.47. The van der Waals surface area contributed by atoms with Gasteiger partial charge in [0, 0.05) is 50.6 Å². The average molecular weight is 522 g/mol. The standard InChI is InChI=1S/C18H30N6O2S.HI/c1-2-26-18(25)24-11-6-14(7-12-24)21-16(19)20-8-5-15-13-27-17(22-15)23-9-3-4-10-23;/h13-14H,2-12H2,1H3,(H3,19,20,21);1H. The zero-order valence-corrected chi connectivity index (χ0v) is 19.6. The average Bonchev–Trinajstić information content (AvgIpc) is 3.34. The smallest absolute Gasteiger partial charge is 0.409 e. The number of amides is 1. The van der Waals surface area contributed by atoms with E-state index in [9.17, 15) is 4.79 Å². The maximum absolute atomic E-state index is 11.7. The summed E-state index contributed by atoms with van der Waals surface area (Å²) in [6.07, 6.45) is 4.80. The van der Waals surface area contributed by atoms with Gasteiger partial charge in [-0.25, -0.2) is 9.78 Å². The van der Waals surface area contributed by atoms with Crippen molar-refractivity contribution in [2.75, 3.05) is 44.2 Å². The van der Waals surface area contributed by atoms with Gasteiger partial charge in [-0.1, -0.05) is 0 Å². The molecule has 1 amide bonds. The molecule has 0 saturated carbocycles. The van der Waals surface area contributed by atoms with Gasteiger partial charge in [-0.15, -0.1) is 35.3 Å². The number of nitrogens with two attached hydrogens (primary N) is 1. The van der Waals surface area contributed by atoms with Gasteiger partial charge in [-0.05, 0) is 32.6 Å². The van der Waals surface area contributed by atoms with Gasteiger partial charge in [-0.2, -0.15) is 0 Å². The predicted octanol–water partition coefficient (Wildman–Crippen LogP) is 2.43. The van der Waals surface area contributed by atoms with Crippen molar-refractivity contribution >= 4 is 52.5 Å². The van der Waals surface area contributed by atoms with Crippen LogP contribution in [0.4, 0.5) is 9.93 Å². The fraction of sp³-hybridized carbons (Fsp3) is 0.722. The number of likely N-dealkylation sites (tertiary alicyclic amines) is 1. The highest BCUT2D eigenvalue weighted by atomic mass is 127. The SMILES string of the molecule is CCOC(=O)N1CCC(NC(N)=NCCc2csc(N3CCCC3)n2)CC1.I. The maximum atomic E-state index is 11.7. The fourth-order valence-corrected chi connectivity index (χ4v) is 4.35. The quantitative estimate of drug-likeness (QED) is 0.339. The van der Waals surface area contributed by atoms with Gasteiger partial charge >= 0.3 is 6.09 Å². The number of anilines is 1. The van der Waals surface area contributed by atoms with Crippen LogP contribution in [0.3, 0.4) is 0 Å². The first-order valence-corrected chi connectivity index (χ1v) is 10.7. The van der Waals surface area contributed by atoms with Gasteiger partial charge in [-0.3, -0.25) is 4.99 Å². The highest BCUT2D eigenvalue weighted by Crippen LogP contribution is 2.24. The van der Waals surface area contributed by atoms with Crippen LogP contribution in [0.5, 0.6) is 0 Å². The maximum Gasteiger partial charge on any atom is 0.409 e. The summed E-state index contributed by atoms with van der Waals surface area (Å²) in [7, 11) is 0. The van der Waals surface area contributed by atoms with E-state index in [1.165, 1.54) is 12.8 Å². The lowest BCUT2D eigenvalue weighted by Crippen LogP contribution is -2.48. The second-order valence-corrected chi connectivity index (χ2v) is 7.77. The molecule has 8 nitrogen and oxygen atoms in total. The lowest BCUT2D eigenvalue weighted by atomic mass is 10.1. The van der Waals surface area contributed by atoms with Crippen molar-refractivity contribution in [2.24, 2.45) is 10.7 Å². The van der Waals surface area contributed by atoms with Crippen molar-refractivity contribution in [2.45, 2.75) is 45.1 Å². The van der Waals surface area contributed by atoms with Crippen molar-refractivity contribution in [3.8, 4) is 0 Å². The number of guanidine groups is 1. The summed E-state index contributed by atoms with van der Waals surface area (Å²) < 4.78 is 5.04. The molecule has 2 saturated heterocycles. The number of halogens is 1. The number of nitrogens with zero attached hydrogens (tertiary/aromatic N) is 4. The molecule has 0 spiro atoms. The molecular formula is C18H31IN6O2S. The first-order valence-electron chi connectivity index (χ1n) is 9.83. The normalized spacial score (nSPS) is 18.1. The molecule has 3 rings (SSSR count). The number of nitrogens with one attached hydrogen (secondary N) is 1. The van der Waals surface area contributed by atoms with Crippen LogP contribution in [-0.4, -0.2) is 67.3 Å². The summed E-state index contributed by atoms with van der Waals surface area (Å²) in [4.78, 5) is 25.0. The Balaban J connectivity index is 0.00000280. The minimum atomic E-state index is -0.228. The highest BCUT2D eigenvalue weighted by Gasteiger charge is 2.23. The molecule has 0 bridgehead atoms. The van der Waals surface area contributed by atoms with E-state index in [2.05, 4.69) is 20.6 Å². The molecule has 1 aromatic rings. The van der Waals surface area contributed by atoms with Gasteiger partial charge in [0.2, 0.25) is 0 Å². The number of rotatable bonds is 6. The first-order chi connectivity index (χ1) is 13.2. The molecule has 2 fully saturated rings. The largest absolute Gasteiger partial charge is 0.450 e. The Morgan fingerprint density at radius 1 is 1.36 bits per heavy atom. The minimum absolute atomic E-state index is 0. The monoisotopic (exact) mass is 522 g/mol. The van der Waals surface area contributed by atoms with Gasteiger partial charge in [0.1, 0.15) is 0 Å². The molecule has 3 N–H and O–H groups in total. The van der Waals surface area contributed by atoms with Crippen LogP contribution < -0.4 is 16.0 Å². The van der Waals surface area contributed by atoms with Crippen molar-refractivity contribution in [1.82, 2.24) is 15.2 Å². The third-order valence-corrected chi connectivity index (χ3v) is 5.89. The Bertz CT molecular complexity index is 642. The molecule has 10 heteroatoms. The fourth-order valence-electron chi connectivity index (χ4n) is 3.43. The van der Waals surface area contributed by atoms with Crippen LogP contribution in [-0.2, 0) is 11.2 Å². The molecule has 0 aromatic carbocycles. The first kappa shape index (κ1) is 23.0. The molecule has 0 atom stereocenters. The van der Waals surface area contributed by atoms with E-state index in [1.54, 1.807) is 16.2 Å². The number of hydrogen-bond acceptors (Lipinski definition) is 6. The second kappa shape index (κ2) is 11.6. The third-order valence-electron chi connectivity index (χ3n) is 4.94. The van der Waals surface area contributed by atoms with Crippen LogP contribution in [0, 0.1) is 0 Å². The zero-order chi connectivity index (χ0) is 19.1. The number of carbonyl (C=O) groups is 1. The summed E-state index contributed by atoms with van der Waals surface area (Å²) in [6, 6.07) is 0.250. The van der Waals surface area contributed by atoms with E-state index in [-0.39, 0.29) is 36.1 Å². The summed E-state index contributed by atoms with van der Waals surface area (Å²) in [5, 5.41) is 6.52. The third kappa shape index (κ3) is 6.64.